The second kappa shape index (κ2) is 8.44. The standard InChI is InChI=1S/C25H27BO3/c1-19-17-25(2,3)29-26(28-19)23-16-22(21-12-8-5-9-13-21)14-15-24(23)27-18-20-10-6-4-7-11-20/h4-16,19H,17-18H2,1-3H3. The molecule has 0 radical (unpaired) electrons. The first kappa shape index (κ1) is 19.7. The molecule has 4 heteroatoms. The maximum absolute atomic E-state index is 6.31. The van der Waals surface area contributed by atoms with E-state index in [2.05, 4.69) is 57.2 Å². The van der Waals surface area contributed by atoms with Crippen molar-refractivity contribution in [2.75, 3.05) is 0 Å². The van der Waals surface area contributed by atoms with Crippen LogP contribution in [0, 0.1) is 0 Å². The summed E-state index contributed by atoms with van der Waals surface area (Å²) in [5.41, 5.74) is 4.09. The van der Waals surface area contributed by atoms with E-state index in [0.717, 1.165) is 34.3 Å². The van der Waals surface area contributed by atoms with Gasteiger partial charge in [-0.1, -0.05) is 72.8 Å². The Labute approximate surface area is 173 Å². The van der Waals surface area contributed by atoms with Crippen LogP contribution in [-0.2, 0) is 15.9 Å². The van der Waals surface area contributed by atoms with Gasteiger partial charge in [0, 0.05) is 11.6 Å². The van der Waals surface area contributed by atoms with Gasteiger partial charge in [-0.05, 0) is 49.9 Å². The Bertz CT molecular complexity index is 941. The summed E-state index contributed by atoms with van der Waals surface area (Å²) in [5, 5.41) is 0. The Hall–Kier alpha value is -2.56. The predicted octanol–water partition coefficient (Wildman–Crippen LogP) is 5.23. The molecule has 1 aliphatic heterocycles. The van der Waals surface area contributed by atoms with Crippen molar-refractivity contribution in [3.8, 4) is 16.9 Å². The number of rotatable bonds is 5. The van der Waals surface area contributed by atoms with Crippen molar-refractivity contribution < 1.29 is 14.0 Å². The molecule has 3 nitrogen and oxygen atoms in total. The zero-order valence-electron chi connectivity index (χ0n) is 17.3. The van der Waals surface area contributed by atoms with Crippen LogP contribution < -0.4 is 10.2 Å². The van der Waals surface area contributed by atoms with Gasteiger partial charge in [0.25, 0.3) is 0 Å². The molecular weight excluding hydrogens is 359 g/mol. The summed E-state index contributed by atoms with van der Waals surface area (Å²) in [6.07, 6.45) is 0.980. The predicted molar refractivity (Wildman–Crippen MR) is 118 cm³/mol. The third-order valence-electron chi connectivity index (χ3n) is 5.17. The van der Waals surface area contributed by atoms with E-state index in [1.807, 2.05) is 42.5 Å². The minimum Gasteiger partial charge on any atom is -0.489 e. The molecule has 1 atom stereocenters. The van der Waals surface area contributed by atoms with Gasteiger partial charge in [-0.25, -0.2) is 0 Å². The van der Waals surface area contributed by atoms with Gasteiger partial charge in [-0.2, -0.15) is 0 Å². The van der Waals surface area contributed by atoms with E-state index in [1.54, 1.807) is 0 Å². The van der Waals surface area contributed by atoms with Crippen molar-refractivity contribution in [3.05, 3.63) is 84.4 Å². The smallest absolute Gasteiger partial charge is 0.489 e. The van der Waals surface area contributed by atoms with Crippen LogP contribution in [0.2, 0.25) is 0 Å². The van der Waals surface area contributed by atoms with Crippen LogP contribution >= 0.6 is 0 Å². The summed E-state index contributed by atoms with van der Waals surface area (Å²) in [5.74, 6) is 0.795. The number of hydrogen-bond acceptors (Lipinski definition) is 3. The van der Waals surface area contributed by atoms with Crippen LogP contribution in [0.4, 0.5) is 0 Å². The van der Waals surface area contributed by atoms with Gasteiger partial charge in [-0.3, -0.25) is 0 Å². The normalized spacial score (nSPS) is 18.4. The van der Waals surface area contributed by atoms with Crippen LogP contribution in [0.3, 0.4) is 0 Å². The van der Waals surface area contributed by atoms with Crippen molar-refractivity contribution in [3.63, 3.8) is 0 Å². The highest BCUT2D eigenvalue weighted by Gasteiger charge is 2.39. The van der Waals surface area contributed by atoms with Crippen molar-refractivity contribution in [1.82, 2.24) is 0 Å². The Kier molecular flexibility index (Phi) is 5.75. The molecule has 0 aliphatic carbocycles. The summed E-state index contributed by atoms with van der Waals surface area (Å²) >= 11 is 0. The topological polar surface area (TPSA) is 27.7 Å². The third kappa shape index (κ3) is 4.90. The maximum atomic E-state index is 6.31. The van der Waals surface area contributed by atoms with Crippen LogP contribution in [0.1, 0.15) is 32.8 Å². The van der Waals surface area contributed by atoms with E-state index in [-0.39, 0.29) is 11.7 Å². The lowest BCUT2D eigenvalue weighted by Crippen LogP contribution is -2.52. The van der Waals surface area contributed by atoms with E-state index in [1.165, 1.54) is 0 Å². The van der Waals surface area contributed by atoms with Crippen LogP contribution in [0.15, 0.2) is 78.9 Å². The van der Waals surface area contributed by atoms with E-state index in [4.69, 9.17) is 14.0 Å². The van der Waals surface area contributed by atoms with E-state index in [9.17, 15) is 0 Å². The first-order chi connectivity index (χ1) is 14.0. The summed E-state index contributed by atoms with van der Waals surface area (Å²) in [4.78, 5) is 0. The largest absolute Gasteiger partial charge is 0.498 e. The second-order valence-electron chi connectivity index (χ2n) is 8.25. The average Bonchev–Trinajstić information content (AvgIpc) is 2.72. The Morgan fingerprint density at radius 3 is 2.31 bits per heavy atom. The van der Waals surface area contributed by atoms with Crippen LogP contribution in [0.5, 0.6) is 5.75 Å². The summed E-state index contributed by atoms with van der Waals surface area (Å²) < 4.78 is 18.7. The zero-order valence-corrected chi connectivity index (χ0v) is 17.3. The van der Waals surface area contributed by atoms with Crippen molar-refractivity contribution in [1.29, 1.82) is 0 Å². The molecule has 0 amide bonds. The minimum absolute atomic E-state index is 0.117. The van der Waals surface area contributed by atoms with Gasteiger partial charge in [0.05, 0.1) is 5.60 Å². The molecule has 29 heavy (non-hydrogen) atoms. The fourth-order valence-electron chi connectivity index (χ4n) is 3.86. The van der Waals surface area contributed by atoms with Crippen molar-refractivity contribution in [2.24, 2.45) is 0 Å². The number of ether oxygens (including phenoxy) is 1. The molecule has 0 saturated carbocycles. The molecular formula is C25H27BO3. The fourth-order valence-corrected chi connectivity index (χ4v) is 3.86. The summed E-state index contributed by atoms with van der Waals surface area (Å²) in [6.45, 7) is 6.84. The number of benzene rings is 3. The molecule has 1 aliphatic rings. The highest BCUT2D eigenvalue weighted by Crippen LogP contribution is 2.29. The first-order valence-corrected chi connectivity index (χ1v) is 10.2. The third-order valence-corrected chi connectivity index (χ3v) is 5.17. The maximum Gasteiger partial charge on any atom is 0.498 e. The molecule has 1 heterocycles. The Morgan fingerprint density at radius 2 is 1.62 bits per heavy atom. The molecule has 0 bridgehead atoms. The lowest BCUT2D eigenvalue weighted by molar-refractivity contribution is -0.0231. The summed E-state index contributed by atoms with van der Waals surface area (Å²) in [7, 11) is -0.455. The molecule has 1 fully saturated rings. The quantitative estimate of drug-likeness (QED) is 0.562. The minimum atomic E-state index is -0.455. The molecule has 1 unspecified atom stereocenters. The molecule has 0 spiro atoms. The fraction of sp³-hybridized carbons (Fsp3) is 0.280. The lowest BCUT2D eigenvalue weighted by atomic mass is 9.73. The highest BCUT2D eigenvalue weighted by molar-refractivity contribution is 6.62. The van der Waals surface area contributed by atoms with E-state index < -0.39 is 7.12 Å². The van der Waals surface area contributed by atoms with Gasteiger partial charge in [0.2, 0.25) is 0 Å². The van der Waals surface area contributed by atoms with Gasteiger partial charge in [0.1, 0.15) is 12.4 Å². The lowest BCUT2D eigenvalue weighted by Gasteiger charge is -2.38. The molecule has 0 aromatic heterocycles. The Balaban J connectivity index is 1.68. The monoisotopic (exact) mass is 386 g/mol. The van der Waals surface area contributed by atoms with E-state index >= 15 is 0 Å². The number of hydrogen-bond donors (Lipinski definition) is 0. The molecule has 0 N–H and O–H groups in total. The Morgan fingerprint density at radius 1 is 0.931 bits per heavy atom. The van der Waals surface area contributed by atoms with Crippen molar-refractivity contribution in [2.45, 2.75) is 45.5 Å². The molecule has 3 aromatic carbocycles. The molecule has 4 rings (SSSR count). The molecule has 3 aromatic rings. The van der Waals surface area contributed by atoms with E-state index in [0.29, 0.717) is 6.61 Å². The SMILES string of the molecule is CC1CC(C)(C)OB(c2cc(-c3ccccc3)ccc2OCc2ccccc2)O1. The van der Waals surface area contributed by atoms with Crippen molar-refractivity contribution >= 4 is 12.6 Å². The van der Waals surface area contributed by atoms with Gasteiger partial charge in [-0.15, -0.1) is 0 Å². The first-order valence-electron chi connectivity index (χ1n) is 10.2. The molecule has 1 saturated heterocycles. The molecule has 148 valence electrons. The second-order valence-corrected chi connectivity index (χ2v) is 8.25. The van der Waals surface area contributed by atoms with Crippen LogP contribution in [0.25, 0.3) is 11.1 Å². The van der Waals surface area contributed by atoms with Gasteiger partial charge < -0.3 is 14.0 Å². The summed E-state index contributed by atoms with van der Waals surface area (Å²) in [6, 6.07) is 26.8. The van der Waals surface area contributed by atoms with Crippen LogP contribution in [-0.4, -0.2) is 18.8 Å². The van der Waals surface area contributed by atoms with Gasteiger partial charge >= 0.3 is 7.12 Å². The van der Waals surface area contributed by atoms with Gasteiger partial charge in [0.15, 0.2) is 0 Å². The highest BCUT2D eigenvalue weighted by atomic mass is 16.6. The zero-order chi connectivity index (χ0) is 20.3. The average molecular weight is 386 g/mol.